The van der Waals surface area contributed by atoms with Crippen molar-refractivity contribution in [1.29, 1.82) is 0 Å². The molecule has 0 saturated carbocycles. The average Bonchev–Trinajstić information content (AvgIpc) is 2.01. The molecule has 0 bridgehead atoms. The predicted molar refractivity (Wildman–Crippen MR) is 55.7 cm³/mol. The number of aryl methyl sites for hydroxylation is 3. The van der Waals surface area contributed by atoms with E-state index in [9.17, 15) is 9.42 Å². The van der Waals surface area contributed by atoms with E-state index < -0.39 is 11.3 Å². The Kier molecular flexibility index (Phi) is 3.25. The monoisotopic (exact) mass is 215 g/mol. The lowest BCUT2D eigenvalue weighted by Crippen LogP contribution is -2.22. The molecule has 0 radical (unpaired) electrons. The van der Waals surface area contributed by atoms with E-state index in [1.165, 1.54) is 0 Å². The van der Waals surface area contributed by atoms with Crippen LogP contribution in [0.15, 0.2) is 12.1 Å². The highest BCUT2D eigenvalue weighted by molar-refractivity contribution is 7.80. The summed E-state index contributed by atoms with van der Waals surface area (Å²) >= 11 is -2.40. The second-order valence-corrected chi connectivity index (χ2v) is 4.06. The van der Waals surface area contributed by atoms with E-state index in [2.05, 4.69) is 0 Å². The summed E-state index contributed by atoms with van der Waals surface area (Å²) in [6.45, 7) is 5.50. The van der Waals surface area contributed by atoms with Gasteiger partial charge in [0, 0.05) is 0 Å². The molecule has 0 spiro atoms. The molecule has 0 amide bonds. The summed E-state index contributed by atoms with van der Waals surface area (Å²) in [4.78, 5) is 0. The van der Waals surface area contributed by atoms with Gasteiger partial charge in [0.25, 0.3) is 11.3 Å². The number of anilines is 1. The van der Waals surface area contributed by atoms with Gasteiger partial charge >= 0.3 is 0 Å². The Morgan fingerprint density at radius 3 is 2.00 bits per heavy atom. The van der Waals surface area contributed by atoms with E-state index in [1.807, 2.05) is 19.1 Å². The molecule has 78 valence electrons. The van der Waals surface area contributed by atoms with E-state index >= 15 is 0 Å². The van der Waals surface area contributed by atoms with Gasteiger partial charge < -0.3 is 0 Å². The lowest BCUT2D eigenvalue weighted by molar-refractivity contribution is 0.311. The number of hydrogen-bond acceptors (Lipinski definition) is 2. The van der Waals surface area contributed by atoms with Gasteiger partial charge in [-0.2, -0.15) is 0 Å². The molecule has 1 aromatic carbocycles. The van der Waals surface area contributed by atoms with E-state index in [0.29, 0.717) is 10.2 Å². The summed E-state index contributed by atoms with van der Waals surface area (Å²) in [6.07, 6.45) is 0. The fourth-order valence-corrected chi connectivity index (χ4v) is 2.00. The Morgan fingerprint density at radius 1 is 1.21 bits per heavy atom. The zero-order valence-corrected chi connectivity index (χ0v) is 9.13. The van der Waals surface area contributed by atoms with Crippen molar-refractivity contribution in [2.75, 3.05) is 4.47 Å². The zero-order valence-electron chi connectivity index (χ0n) is 8.31. The van der Waals surface area contributed by atoms with Gasteiger partial charge in [-0.05, 0) is 31.9 Å². The van der Waals surface area contributed by atoms with Crippen LogP contribution in [-0.2, 0) is 11.3 Å². The number of hydrogen-bond donors (Lipinski definition) is 2. The molecule has 14 heavy (non-hydrogen) atoms. The molecule has 1 atom stereocenters. The summed E-state index contributed by atoms with van der Waals surface area (Å²) in [5.74, 6) is 0. The normalized spacial score (nSPS) is 12.6. The lowest BCUT2D eigenvalue weighted by Gasteiger charge is -2.17. The Morgan fingerprint density at radius 2 is 1.64 bits per heavy atom. The topological polar surface area (TPSA) is 60.8 Å². The minimum atomic E-state index is -2.40. The summed E-state index contributed by atoms with van der Waals surface area (Å²) < 4.78 is 19.8. The minimum Gasteiger partial charge on any atom is -0.288 e. The van der Waals surface area contributed by atoms with Crippen LogP contribution in [0.4, 0.5) is 5.69 Å². The van der Waals surface area contributed by atoms with Crippen LogP contribution in [0, 0.1) is 20.8 Å². The molecule has 0 saturated heterocycles. The molecule has 0 aliphatic rings. The van der Waals surface area contributed by atoms with Crippen molar-refractivity contribution in [3.05, 3.63) is 28.8 Å². The Bertz CT molecular complexity index is 355. The highest BCUT2D eigenvalue weighted by Gasteiger charge is 2.14. The third kappa shape index (κ3) is 2.12. The first kappa shape index (κ1) is 11.2. The zero-order chi connectivity index (χ0) is 10.9. The molecule has 0 aliphatic heterocycles. The first-order valence-corrected chi connectivity index (χ1v) is 5.17. The molecule has 1 aromatic rings. The van der Waals surface area contributed by atoms with Crippen molar-refractivity contribution in [1.82, 2.24) is 0 Å². The van der Waals surface area contributed by atoms with Crippen LogP contribution in [0.3, 0.4) is 0 Å². The van der Waals surface area contributed by atoms with Crippen molar-refractivity contribution >= 4 is 17.0 Å². The van der Waals surface area contributed by atoms with Gasteiger partial charge in [0.05, 0.1) is 5.69 Å². The molecule has 2 N–H and O–H groups in total. The van der Waals surface area contributed by atoms with Crippen LogP contribution in [0.25, 0.3) is 0 Å². The first-order chi connectivity index (χ1) is 6.43. The van der Waals surface area contributed by atoms with Crippen molar-refractivity contribution in [2.24, 2.45) is 0 Å². The largest absolute Gasteiger partial charge is 0.288 e. The van der Waals surface area contributed by atoms with E-state index in [4.69, 9.17) is 4.55 Å². The fourth-order valence-electron chi connectivity index (χ4n) is 1.55. The first-order valence-electron chi connectivity index (χ1n) is 4.11. The molecular formula is C9H13NO3S. The molecular weight excluding hydrogens is 202 g/mol. The quantitative estimate of drug-likeness (QED) is 0.585. The molecule has 1 rings (SSSR count). The fraction of sp³-hybridized carbons (Fsp3) is 0.333. The molecule has 0 aliphatic carbocycles. The molecule has 4 nitrogen and oxygen atoms in total. The Labute approximate surface area is 85.5 Å². The van der Waals surface area contributed by atoms with Gasteiger partial charge in [0.2, 0.25) is 0 Å². The average molecular weight is 215 g/mol. The van der Waals surface area contributed by atoms with Crippen LogP contribution in [0.2, 0.25) is 0 Å². The third-order valence-corrected chi connectivity index (χ3v) is 2.45. The predicted octanol–water partition coefficient (Wildman–Crippen LogP) is 1.94. The molecule has 1 unspecified atom stereocenters. The second kappa shape index (κ2) is 4.08. The van der Waals surface area contributed by atoms with Crippen LogP contribution in [0.1, 0.15) is 16.7 Å². The van der Waals surface area contributed by atoms with Crippen LogP contribution >= 0.6 is 0 Å². The molecule has 0 heterocycles. The van der Waals surface area contributed by atoms with E-state index in [0.717, 1.165) is 16.7 Å². The van der Waals surface area contributed by atoms with Crippen molar-refractivity contribution in [3.63, 3.8) is 0 Å². The van der Waals surface area contributed by atoms with Crippen molar-refractivity contribution in [2.45, 2.75) is 20.8 Å². The van der Waals surface area contributed by atoms with Crippen molar-refractivity contribution < 1.29 is 14.0 Å². The van der Waals surface area contributed by atoms with Gasteiger partial charge in [0.1, 0.15) is 0 Å². The summed E-state index contributed by atoms with van der Waals surface area (Å²) in [6, 6.07) is 3.69. The highest BCUT2D eigenvalue weighted by Crippen LogP contribution is 2.25. The van der Waals surface area contributed by atoms with Gasteiger partial charge in [-0.1, -0.05) is 17.7 Å². The Balaban J connectivity index is 3.27. The van der Waals surface area contributed by atoms with Crippen LogP contribution in [-0.4, -0.2) is 14.0 Å². The van der Waals surface area contributed by atoms with Gasteiger partial charge in [-0.3, -0.25) is 9.76 Å². The van der Waals surface area contributed by atoms with Crippen LogP contribution in [0.5, 0.6) is 0 Å². The summed E-state index contributed by atoms with van der Waals surface area (Å²) in [7, 11) is 0. The standard InChI is InChI=1S/C9H13NO3S/c1-6-4-7(2)9(8(3)5-6)10(11)14(12)13/h4-5,11H,1-3H3,(H,12,13). The second-order valence-electron chi connectivity index (χ2n) is 3.25. The maximum atomic E-state index is 10.7. The smallest absolute Gasteiger partial charge is 0.286 e. The van der Waals surface area contributed by atoms with Gasteiger partial charge in [-0.15, -0.1) is 4.47 Å². The summed E-state index contributed by atoms with van der Waals surface area (Å²) in [5.41, 5.74) is 2.98. The SMILES string of the molecule is Cc1cc(C)c(N(O)S(=O)O)c(C)c1. The molecule has 0 fully saturated rings. The number of rotatable bonds is 2. The van der Waals surface area contributed by atoms with Gasteiger partial charge in [-0.25, -0.2) is 4.21 Å². The number of nitrogens with zero attached hydrogens (tertiary/aromatic N) is 1. The maximum Gasteiger partial charge on any atom is 0.286 e. The van der Waals surface area contributed by atoms with E-state index in [1.54, 1.807) is 13.8 Å². The van der Waals surface area contributed by atoms with Crippen molar-refractivity contribution in [3.8, 4) is 0 Å². The maximum absolute atomic E-state index is 10.7. The summed E-state index contributed by atoms with van der Waals surface area (Å²) in [5, 5.41) is 9.33. The third-order valence-electron chi connectivity index (χ3n) is 1.97. The van der Waals surface area contributed by atoms with Crippen LogP contribution < -0.4 is 4.47 Å². The van der Waals surface area contributed by atoms with Gasteiger partial charge in [0.15, 0.2) is 0 Å². The Hall–Kier alpha value is -0.910. The molecule has 0 aromatic heterocycles. The number of benzene rings is 1. The molecule has 5 heteroatoms. The minimum absolute atomic E-state index is 0.365. The van der Waals surface area contributed by atoms with E-state index in [-0.39, 0.29) is 0 Å². The highest BCUT2D eigenvalue weighted by atomic mass is 32.2. The lowest BCUT2D eigenvalue weighted by atomic mass is 10.1.